The Morgan fingerprint density at radius 3 is 1.61 bits per heavy atom. The molecule has 0 aliphatic heterocycles. The molecular formula is C16H34O2. The molecule has 0 saturated heterocycles. The summed E-state index contributed by atoms with van der Waals surface area (Å²) < 4.78 is 0. The molecule has 0 rings (SSSR count). The van der Waals surface area contributed by atoms with Crippen LogP contribution < -0.4 is 0 Å². The van der Waals surface area contributed by atoms with Crippen LogP contribution in [0.2, 0.25) is 0 Å². The highest BCUT2D eigenvalue weighted by Crippen LogP contribution is 2.19. The van der Waals surface area contributed by atoms with Gasteiger partial charge in [0.25, 0.3) is 0 Å². The van der Waals surface area contributed by atoms with Crippen LogP contribution in [0.3, 0.4) is 0 Å². The number of unbranched alkanes of at least 4 members (excludes halogenated alkanes) is 9. The molecule has 0 radical (unpaired) electrons. The van der Waals surface area contributed by atoms with Crippen molar-refractivity contribution in [2.75, 3.05) is 6.61 Å². The van der Waals surface area contributed by atoms with Crippen molar-refractivity contribution in [1.82, 2.24) is 0 Å². The van der Waals surface area contributed by atoms with Crippen LogP contribution in [0.5, 0.6) is 0 Å². The summed E-state index contributed by atoms with van der Waals surface area (Å²) in [4.78, 5) is 0. The van der Waals surface area contributed by atoms with Crippen molar-refractivity contribution in [2.24, 2.45) is 0 Å². The first-order valence-electron chi connectivity index (χ1n) is 7.95. The SMILES string of the molecule is CCCCCCCCCCCCC(C)(O)CCO. The van der Waals surface area contributed by atoms with Gasteiger partial charge < -0.3 is 10.2 Å². The van der Waals surface area contributed by atoms with Crippen LogP contribution in [0.15, 0.2) is 0 Å². The monoisotopic (exact) mass is 258 g/mol. The van der Waals surface area contributed by atoms with Crippen LogP contribution in [-0.2, 0) is 0 Å². The molecule has 0 aromatic rings. The zero-order valence-electron chi connectivity index (χ0n) is 12.6. The van der Waals surface area contributed by atoms with Crippen molar-refractivity contribution < 1.29 is 10.2 Å². The fraction of sp³-hybridized carbons (Fsp3) is 1.00. The second kappa shape index (κ2) is 12.0. The van der Waals surface area contributed by atoms with Gasteiger partial charge in [0.2, 0.25) is 0 Å². The van der Waals surface area contributed by atoms with E-state index in [9.17, 15) is 5.11 Å². The van der Waals surface area contributed by atoms with Crippen molar-refractivity contribution in [2.45, 2.75) is 96.5 Å². The molecule has 0 fully saturated rings. The minimum Gasteiger partial charge on any atom is -0.396 e. The molecule has 0 amide bonds. The minimum atomic E-state index is -0.658. The molecule has 0 aromatic carbocycles. The molecule has 1 unspecified atom stereocenters. The summed E-state index contributed by atoms with van der Waals surface area (Å²) >= 11 is 0. The summed E-state index contributed by atoms with van der Waals surface area (Å²) in [6.45, 7) is 4.17. The van der Waals surface area contributed by atoms with Crippen LogP contribution in [0.4, 0.5) is 0 Å². The van der Waals surface area contributed by atoms with Gasteiger partial charge >= 0.3 is 0 Å². The molecule has 1 atom stereocenters. The van der Waals surface area contributed by atoms with Crippen LogP contribution in [-0.4, -0.2) is 22.4 Å². The summed E-state index contributed by atoms with van der Waals surface area (Å²) in [6.07, 6.45) is 14.6. The molecular weight excluding hydrogens is 224 g/mol. The van der Waals surface area contributed by atoms with E-state index >= 15 is 0 Å². The number of rotatable bonds is 13. The third-order valence-corrected chi connectivity index (χ3v) is 3.72. The number of hydrogen-bond acceptors (Lipinski definition) is 2. The summed E-state index contributed by atoms with van der Waals surface area (Å²) in [6, 6.07) is 0. The number of aliphatic hydroxyl groups is 2. The third-order valence-electron chi connectivity index (χ3n) is 3.72. The maximum absolute atomic E-state index is 9.88. The molecule has 0 saturated carbocycles. The smallest absolute Gasteiger partial charge is 0.0641 e. The number of hydrogen-bond donors (Lipinski definition) is 2. The molecule has 2 heteroatoms. The van der Waals surface area contributed by atoms with Crippen LogP contribution in [0.1, 0.15) is 90.9 Å². The van der Waals surface area contributed by atoms with Crippen LogP contribution >= 0.6 is 0 Å². The van der Waals surface area contributed by atoms with Gasteiger partial charge in [0.15, 0.2) is 0 Å². The van der Waals surface area contributed by atoms with E-state index < -0.39 is 5.60 Å². The molecule has 0 aliphatic rings. The lowest BCUT2D eigenvalue weighted by Gasteiger charge is -2.21. The molecule has 18 heavy (non-hydrogen) atoms. The van der Waals surface area contributed by atoms with E-state index in [0.717, 1.165) is 12.8 Å². The fourth-order valence-electron chi connectivity index (χ4n) is 2.36. The second-order valence-corrected chi connectivity index (χ2v) is 5.90. The van der Waals surface area contributed by atoms with E-state index in [1.807, 2.05) is 6.92 Å². The van der Waals surface area contributed by atoms with E-state index in [1.165, 1.54) is 57.8 Å². The van der Waals surface area contributed by atoms with Crippen LogP contribution in [0, 0.1) is 0 Å². The standard InChI is InChI=1S/C16H34O2/c1-3-4-5-6-7-8-9-10-11-12-13-16(2,18)14-15-17/h17-18H,3-15H2,1-2H3. The lowest BCUT2D eigenvalue weighted by molar-refractivity contribution is 0.0232. The Hall–Kier alpha value is -0.0800. The quantitative estimate of drug-likeness (QED) is 0.480. The Morgan fingerprint density at radius 2 is 1.17 bits per heavy atom. The first kappa shape index (κ1) is 17.9. The van der Waals surface area contributed by atoms with Gasteiger partial charge in [-0.1, -0.05) is 71.1 Å². The summed E-state index contributed by atoms with van der Waals surface area (Å²) in [5.41, 5.74) is -0.658. The zero-order valence-corrected chi connectivity index (χ0v) is 12.6. The number of aliphatic hydroxyl groups excluding tert-OH is 1. The maximum Gasteiger partial charge on any atom is 0.0641 e. The van der Waals surface area contributed by atoms with Crippen molar-refractivity contribution in [3.63, 3.8) is 0 Å². The van der Waals surface area contributed by atoms with Crippen molar-refractivity contribution in [3.05, 3.63) is 0 Å². The summed E-state index contributed by atoms with van der Waals surface area (Å²) in [7, 11) is 0. The summed E-state index contributed by atoms with van der Waals surface area (Å²) in [5, 5.41) is 18.7. The van der Waals surface area contributed by atoms with Gasteiger partial charge in [-0.3, -0.25) is 0 Å². The highest BCUT2D eigenvalue weighted by molar-refractivity contribution is 4.71. The highest BCUT2D eigenvalue weighted by atomic mass is 16.3. The van der Waals surface area contributed by atoms with Gasteiger partial charge in [0.05, 0.1) is 5.60 Å². The molecule has 2 N–H and O–H groups in total. The van der Waals surface area contributed by atoms with Gasteiger partial charge in [-0.05, 0) is 19.8 Å². The lowest BCUT2D eigenvalue weighted by Crippen LogP contribution is -2.25. The van der Waals surface area contributed by atoms with Gasteiger partial charge in [-0.15, -0.1) is 0 Å². The van der Waals surface area contributed by atoms with Crippen LogP contribution in [0.25, 0.3) is 0 Å². The van der Waals surface area contributed by atoms with Crippen molar-refractivity contribution in [3.8, 4) is 0 Å². The summed E-state index contributed by atoms with van der Waals surface area (Å²) in [5.74, 6) is 0. The molecule has 0 aromatic heterocycles. The Kier molecular flexibility index (Phi) is 11.9. The van der Waals surface area contributed by atoms with E-state index in [4.69, 9.17) is 5.11 Å². The Balaban J connectivity index is 3.16. The normalized spacial score (nSPS) is 14.7. The van der Waals surface area contributed by atoms with Gasteiger partial charge in [-0.25, -0.2) is 0 Å². The van der Waals surface area contributed by atoms with Gasteiger partial charge in [0, 0.05) is 6.61 Å². The molecule has 0 aliphatic carbocycles. The molecule has 0 spiro atoms. The molecule has 2 nitrogen and oxygen atoms in total. The predicted molar refractivity (Wildman–Crippen MR) is 78.8 cm³/mol. The first-order valence-corrected chi connectivity index (χ1v) is 7.95. The highest BCUT2D eigenvalue weighted by Gasteiger charge is 2.18. The zero-order chi connectivity index (χ0) is 13.7. The van der Waals surface area contributed by atoms with Crippen molar-refractivity contribution in [1.29, 1.82) is 0 Å². The van der Waals surface area contributed by atoms with E-state index in [-0.39, 0.29) is 6.61 Å². The van der Waals surface area contributed by atoms with Gasteiger partial charge in [-0.2, -0.15) is 0 Å². The molecule has 0 bridgehead atoms. The largest absolute Gasteiger partial charge is 0.396 e. The minimum absolute atomic E-state index is 0.0881. The average molecular weight is 258 g/mol. The van der Waals surface area contributed by atoms with E-state index in [0.29, 0.717) is 6.42 Å². The van der Waals surface area contributed by atoms with E-state index in [1.54, 1.807) is 0 Å². The first-order chi connectivity index (χ1) is 8.62. The Bertz CT molecular complexity index is 166. The van der Waals surface area contributed by atoms with E-state index in [2.05, 4.69) is 6.92 Å². The third kappa shape index (κ3) is 12.4. The Labute approximate surface area is 114 Å². The average Bonchev–Trinajstić information content (AvgIpc) is 2.31. The van der Waals surface area contributed by atoms with Crippen molar-refractivity contribution >= 4 is 0 Å². The Morgan fingerprint density at radius 1 is 0.722 bits per heavy atom. The second-order valence-electron chi connectivity index (χ2n) is 5.90. The maximum atomic E-state index is 9.88. The topological polar surface area (TPSA) is 40.5 Å². The fourth-order valence-corrected chi connectivity index (χ4v) is 2.36. The molecule has 110 valence electrons. The molecule has 0 heterocycles. The predicted octanol–water partition coefficient (Wildman–Crippen LogP) is 4.43. The lowest BCUT2D eigenvalue weighted by atomic mass is 9.94. The van der Waals surface area contributed by atoms with Gasteiger partial charge in [0.1, 0.15) is 0 Å².